The first kappa shape index (κ1) is 21.8. The molecule has 0 radical (unpaired) electrons. The molecule has 5 nitrogen and oxygen atoms in total. The number of pyridine rings is 1. The molecule has 0 spiro atoms. The van der Waals surface area contributed by atoms with Gasteiger partial charge in [-0.25, -0.2) is 4.98 Å². The molecule has 4 aromatic rings. The molecule has 0 unspecified atom stereocenters. The van der Waals surface area contributed by atoms with Crippen LogP contribution in [0.5, 0.6) is 11.5 Å². The fraction of sp³-hybridized carbons (Fsp3) is 0.296. The number of hydrogen-bond donors (Lipinski definition) is 3. The minimum atomic E-state index is 0.296. The number of nitrogens with one attached hydrogen (secondary N) is 2. The SMILES string of the molecule is OCC1CCC(Nc2ccnc3[nH]cc(Cc4ccc(Oc5ccccc5)cc4Cl)c23)CC1. The van der Waals surface area contributed by atoms with E-state index in [-0.39, 0.29) is 0 Å². The van der Waals surface area contributed by atoms with Crippen molar-refractivity contribution in [1.29, 1.82) is 0 Å². The first-order chi connectivity index (χ1) is 16.2. The van der Waals surface area contributed by atoms with Crippen LogP contribution in [0.15, 0.2) is 67.0 Å². The molecule has 0 amide bonds. The Balaban J connectivity index is 1.35. The number of halogens is 1. The monoisotopic (exact) mass is 461 g/mol. The highest BCUT2D eigenvalue weighted by atomic mass is 35.5. The van der Waals surface area contributed by atoms with Crippen molar-refractivity contribution in [2.75, 3.05) is 11.9 Å². The average molecular weight is 462 g/mol. The van der Waals surface area contributed by atoms with Crippen molar-refractivity contribution >= 4 is 28.3 Å². The van der Waals surface area contributed by atoms with Gasteiger partial charge in [-0.1, -0.05) is 35.9 Å². The van der Waals surface area contributed by atoms with E-state index in [4.69, 9.17) is 16.3 Å². The van der Waals surface area contributed by atoms with Crippen LogP contribution in [0.25, 0.3) is 11.0 Å². The minimum Gasteiger partial charge on any atom is -0.457 e. The Morgan fingerprint density at radius 2 is 1.82 bits per heavy atom. The van der Waals surface area contributed by atoms with Gasteiger partial charge in [-0.2, -0.15) is 0 Å². The summed E-state index contributed by atoms with van der Waals surface area (Å²) in [5, 5.41) is 14.9. The van der Waals surface area contributed by atoms with Gasteiger partial charge in [0.1, 0.15) is 17.1 Å². The fourth-order valence-electron chi connectivity index (χ4n) is 4.66. The second-order valence-corrected chi connectivity index (χ2v) is 9.19. The lowest BCUT2D eigenvalue weighted by Crippen LogP contribution is -2.27. The van der Waals surface area contributed by atoms with Crippen LogP contribution in [0, 0.1) is 5.92 Å². The second kappa shape index (κ2) is 9.86. The van der Waals surface area contributed by atoms with Crippen LogP contribution in [0.1, 0.15) is 36.8 Å². The lowest BCUT2D eigenvalue weighted by atomic mass is 9.86. The van der Waals surface area contributed by atoms with E-state index in [9.17, 15) is 5.11 Å². The van der Waals surface area contributed by atoms with Crippen molar-refractivity contribution in [3.63, 3.8) is 0 Å². The molecule has 6 heteroatoms. The lowest BCUT2D eigenvalue weighted by molar-refractivity contribution is 0.186. The number of nitrogens with zero attached hydrogens (tertiary/aromatic N) is 1. The Morgan fingerprint density at radius 3 is 2.58 bits per heavy atom. The Bertz CT molecular complexity index is 1220. The topological polar surface area (TPSA) is 70.2 Å². The van der Waals surface area contributed by atoms with E-state index in [0.29, 0.717) is 30.0 Å². The van der Waals surface area contributed by atoms with E-state index >= 15 is 0 Å². The highest BCUT2D eigenvalue weighted by Gasteiger charge is 2.22. The zero-order chi connectivity index (χ0) is 22.6. The summed E-state index contributed by atoms with van der Waals surface area (Å²) in [6.07, 6.45) is 8.84. The number of anilines is 1. The van der Waals surface area contributed by atoms with Crippen LogP contribution in [0.3, 0.4) is 0 Å². The molecule has 0 saturated heterocycles. The smallest absolute Gasteiger partial charge is 0.139 e. The molecule has 5 rings (SSSR count). The van der Waals surface area contributed by atoms with Gasteiger partial charge in [0, 0.05) is 47.6 Å². The maximum absolute atomic E-state index is 9.42. The first-order valence-electron chi connectivity index (χ1n) is 11.5. The Morgan fingerprint density at radius 1 is 1.00 bits per heavy atom. The first-order valence-corrected chi connectivity index (χ1v) is 11.9. The van der Waals surface area contributed by atoms with Crippen LogP contribution >= 0.6 is 11.6 Å². The van der Waals surface area contributed by atoms with Crippen molar-refractivity contribution in [2.45, 2.75) is 38.1 Å². The van der Waals surface area contributed by atoms with Gasteiger partial charge in [0.2, 0.25) is 0 Å². The van der Waals surface area contributed by atoms with Crippen LogP contribution < -0.4 is 10.1 Å². The number of hydrogen-bond acceptors (Lipinski definition) is 4. The average Bonchev–Trinajstić information content (AvgIpc) is 3.26. The Labute approximate surface area is 198 Å². The summed E-state index contributed by atoms with van der Waals surface area (Å²) in [5.74, 6) is 1.95. The van der Waals surface area contributed by atoms with Crippen molar-refractivity contribution in [3.8, 4) is 11.5 Å². The zero-order valence-electron chi connectivity index (χ0n) is 18.4. The van der Waals surface area contributed by atoms with Gasteiger partial charge in [-0.05, 0) is 73.1 Å². The number of benzene rings is 2. The normalized spacial score (nSPS) is 18.4. The van der Waals surface area contributed by atoms with Crippen LogP contribution in [-0.4, -0.2) is 27.7 Å². The molecule has 1 aliphatic rings. The number of aliphatic hydroxyl groups is 1. The molecule has 0 atom stereocenters. The van der Waals surface area contributed by atoms with E-state index in [2.05, 4.69) is 21.4 Å². The molecule has 1 aliphatic carbocycles. The van der Waals surface area contributed by atoms with Crippen molar-refractivity contribution < 1.29 is 9.84 Å². The Hall–Kier alpha value is -3.02. The number of ether oxygens (including phenoxy) is 1. The molecule has 0 bridgehead atoms. The van der Waals surface area contributed by atoms with Gasteiger partial charge in [0.15, 0.2) is 0 Å². The number of aromatic amines is 1. The van der Waals surface area contributed by atoms with Gasteiger partial charge in [-0.15, -0.1) is 0 Å². The number of H-pyrrole nitrogens is 1. The van der Waals surface area contributed by atoms with Gasteiger partial charge >= 0.3 is 0 Å². The predicted octanol–water partition coefficient (Wildman–Crippen LogP) is 6.56. The maximum Gasteiger partial charge on any atom is 0.139 e. The molecular formula is C27H28ClN3O2. The highest BCUT2D eigenvalue weighted by molar-refractivity contribution is 6.31. The molecule has 3 N–H and O–H groups in total. The van der Waals surface area contributed by atoms with Crippen LogP contribution in [0.4, 0.5) is 5.69 Å². The van der Waals surface area contributed by atoms with E-state index in [1.165, 1.54) is 0 Å². The maximum atomic E-state index is 9.42. The van der Waals surface area contributed by atoms with E-state index in [1.807, 2.05) is 60.9 Å². The summed E-state index contributed by atoms with van der Waals surface area (Å²) in [5.41, 5.74) is 4.17. The van der Waals surface area contributed by atoms with E-state index in [1.54, 1.807) is 0 Å². The predicted molar refractivity (Wildman–Crippen MR) is 133 cm³/mol. The van der Waals surface area contributed by atoms with Gasteiger partial charge in [-0.3, -0.25) is 0 Å². The van der Waals surface area contributed by atoms with Crippen LogP contribution in [-0.2, 0) is 6.42 Å². The highest BCUT2D eigenvalue weighted by Crippen LogP contribution is 2.33. The third-order valence-corrected chi connectivity index (χ3v) is 6.86. The molecule has 2 aromatic carbocycles. The number of para-hydroxylation sites is 1. The largest absolute Gasteiger partial charge is 0.457 e. The van der Waals surface area contributed by atoms with Gasteiger partial charge in [0.25, 0.3) is 0 Å². The standard InChI is InChI=1S/C27H28ClN3O2/c28-24-15-23(33-22-4-2-1-3-5-22)11-8-19(24)14-20-16-30-27-26(20)25(12-13-29-27)31-21-9-6-18(17-32)7-10-21/h1-5,8,11-13,15-16,18,21,32H,6-7,9-10,14,17H2,(H2,29,30,31). The number of rotatable bonds is 7. The summed E-state index contributed by atoms with van der Waals surface area (Å²) in [6.45, 7) is 0.296. The molecule has 170 valence electrons. The van der Waals surface area contributed by atoms with E-state index in [0.717, 1.165) is 65.0 Å². The molecule has 1 fully saturated rings. The number of fused-ring (bicyclic) bond motifs is 1. The van der Waals surface area contributed by atoms with Gasteiger partial charge < -0.3 is 20.1 Å². The minimum absolute atomic E-state index is 0.296. The molecule has 0 aliphatic heterocycles. The molecule has 2 aromatic heterocycles. The van der Waals surface area contributed by atoms with Crippen molar-refractivity contribution in [1.82, 2.24) is 9.97 Å². The van der Waals surface area contributed by atoms with Crippen molar-refractivity contribution in [3.05, 3.63) is 83.1 Å². The summed E-state index contributed by atoms with van der Waals surface area (Å²) >= 11 is 6.64. The summed E-state index contributed by atoms with van der Waals surface area (Å²) < 4.78 is 5.91. The van der Waals surface area contributed by atoms with Crippen molar-refractivity contribution in [2.24, 2.45) is 5.92 Å². The summed E-state index contributed by atoms with van der Waals surface area (Å²) in [7, 11) is 0. The zero-order valence-corrected chi connectivity index (χ0v) is 19.2. The summed E-state index contributed by atoms with van der Waals surface area (Å²) in [4.78, 5) is 7.84. The van der Waals surface area contributed by atoms with E-state index < -0.39 is 0 Å². The summed E-state index contributed by atoms with van der Waals surface area (Å²) in [6, 6.07) is 18.0. The fourth-order valence-corrected chi connectivity index (χ4v) is 4.89. The second-order valence-electron chi connectivity index (χ2n) is 8.79. The number of aliphatic hydroxyl groups excluding tert-OH is 1. The third-order valence-electron chi connectivity index (χ3n) is 6.50. The molecule has 33 heavy (non-hydrogen) atoms. The van der Waals surface area contributed by atoms with Crippen LogP contribution in [0.2, 0.25) is 5.02 Å². The quantitative estimate of drug-likeness (QED) is 0.291. The van der Waals surface area contributed by atoms with Gasteiger partial charge in [0.05, 0.1) is 0 Å². The molecule has 2 heterocycles. The third kappa shape index (κ3) is 5.00. The molecule has 1 saturated carbocycles. The molecular weight excluding hydrogens is 434 g/mol. The Kier molecular flexibility index (Phi) is 6.51. The lowest BCUT2D eigenvalue weighted by Gasteiger charge is -2.29. The number of aromatic nitrogens is 2.